The van der Waals surface area contributed by atoms with E-state index >= 15 is 0 Å². The average Bonchev–Trinajstić information content (AvgIpc) is 2.93. The van der Waals surface area contributed by atoms with Gasteiger partial charge in [0, 0.05) is 25.3 Å². The number of rotatable bonds is 3. The van der Waals surface area contributed by atoms with Crippen LogP contribution in [0.1, 0.15) is 12.0 Å². The summed E-state index contributed by atoms with van der Waals surface area (Å²) in [4.78, 5) is 27.1. The first-order chi connectivity index (χ1) is 10.2. The van der Waals surface area contributed by atoms with Gasteiger partial charge in [0.25, 0.3) is 0 Å². The van der Waals surface area contributed by atoms with Crippen molar-refractivity contribution in [3.8, 4) is 5.75 Å². The number of aryl methyl sites for hydroxylation is 1. The second-order valence-electron chi connectivity index (χ2n) is 5.30. The molecule has 0 aromatic heterocycles. The summed E-state index contributed by atoms with van der Waals surface area (Å²) in [5.41, 5.74) is 2.26. The summed E-state index contributed by atoms with van der Waals surface area (Å²) in [5.74, 6) is 0.689. The van der Waals surface area contributed by atoms with Crippen LogP contribution in [0.3, 0.4) is 0 Å². The summed E-state index contributed by atoms with van der Waals surface area (Å²) in [5, 5.41) is 2.65. The third kappa shape index (κ3) is 2.66. The zero-order chi connectivity index (χ0) is 14.8. The Labute approximate surface area is 123 Å². The van der Waals surface area contributed by atoms with Crippen LogP contribution in [0, 0.1) is 0 Å². The number of anilines is 1. The van der Waals surface area contributed by atoms with Crippen LogP contribution in [-0.2, 0) is 11.2 Å². The quantitative estimate of drug-likeness (QED) is 0.902. The smallest absolute Gasteiger partial charge is 0.324 e. The van der Waals surface area contributed by atoms with E-state index in [4.69, 9.17) is 4.74 Å². The largest absolute Gasteiger partial charge is 0.497 e. The van der Waals surface area contributed by atoms with E-state index in [0.717, 1.165) is 30.8 Å². The molecule has 3 rings (SSSR count). The van der Waals surface area contributed by atoms with Crippen molar-refractivity contribution in [3.05, 3.63) is 23.8 Å². The summed E-state index contributed by atoms with van der Waals surface area (Å²) in [7, 11) is 1.65. The first kappa shape index (κ1) is 13.7. The van der Waals surface area contributed by atoms with Gasteiger partial charge in [-0.15, -0.1) is 0 Å². The van der Waals surface area contributed by atoms with E-state index in [1.807, 2.05) is 23.1 Å². The summed E-state index contributed by atoms with van der Waals surface area (Å²) in [6.07, 6.45) is 1.99. The minimum absolute atomic E-state index is 0.145. The molecular formula is C15H19N3O3. The van der Waals surface area contributed by atoms with E-state index < -0.39 is 0 Å². The number of fused-ring (bicyclic) bond motifs is 1. The van der Waals surface area contributed by atoms with E-state index in [-0.39, 0.29) is 18.5 Å². The molecule has 1 N–H and O–H groups in total. The molecule has 1 saturated heterocycles. The van der Waals surface area contributed by atoms with Gasteiger partial charge < -0.3 is 15.0 Å². The SMILES string of the molecule is COc1ccc2c(c1)CCCN2CC(=O)N1CCNC1=O. The molecule has 0 unspecified atom stereocenters. The lowest BCUT2D eigenvalue weighted by molar-refractivity contribution is -0.126. The lowest BCUT2D eigenvalue weighted by Crippen LogP contribution is -2.43. The minimum atomic E-state index is -0.285. The molecule has 2 aliphatic rings. The Morgan fingerprint density at radius 3 is 2.95 bits per heavy atom. The molecule has 1 fully saturated rings. The van der Waals surface area contributed by atoms with Crippen LogP contribution in [-0.4, -0.2) is 50.1 Å². The molecule has 1 aromatic carbocycles. The van der Waals surface area contributed by atoms with Crippen molar-refractivity contribution in [2.24, 2.45) is 0 Å². The van der Waals surface area contributed by atoms with Crippen molar-refractivity contribution in [3.63, 3.8) is 0 Å². The molecule has 0 bridgehead atoms. The average molecular weight is 289 g/mol. The molecule has 6 nitrogen and oxygen atoms in total. The van der Waals surface area contributed by atoms with E-state index in [2.05, 4.69) is 5.32 Å². The van der Waals surface area contributed by atoms with Crippen LogP contribution < -0.4 is 15.0 Å². The minimum Gasteiger partial charge on any atom is -0.497 e. The predicted molar refractivity (Wildman–Crippen MR) is 78.6 cm³/mol. The Hall–Kier alpha value is -2.24. The highest BCUT2D eigenvalue weighted by Gasteiger charge is 2.28. The third-order valence-corrected chi connectivity index (χ3v) is 3.99. The van der Waals surface area contributed by atoms with Gasteiger partial charge in [0.15, 0.2) is 0 Å². The molecule has 0 saturated carbocycles. The topological polar surface area (TPSA) is 61.9 Å². The van der Waals surface area contributed by atoms with Crippen molar-refractivity contribution in [1.82, 2.24) is 10.2 Å². The Kier molecular flexibility index (Phi) is 3.68. The van der Waals surface area contributed by atoms with Gasteiger partial charge in [0.1, 0.15) is 5.75 Å². The van der Waals surface area contributed by atoms with Crippen molar-refractivity contribution >= 4 is 17.6 Å². The number of imide groups is 1. The van der Waals surface area contributed by atoms with Crippen LogP contribution in [0.5, 0.6) is 5.75 Å². The first-order valence-electron chi connectivity index (χ1n) is 7.19. The Bertz CT molecular complexity index is 573. The highest BCUT2D eigenvalue weighted by atomic mass is 16.5. The third-order valence-electron chi connectivity index (χ3n) is 3.99. The number of carbonyl (C=O) groups is 2. The van der Waals surface area contributed by atoms with Gasteiger partial charge in [0.2, 0.25) is 5.91 Å². The van der Waals surface area contributed by atoms with Crippen LogP contribution in [0.25, 0.3) is 0 Å². The number of amides is 3. The molecule has 0 spiro atoms. The normalized spacial score (nSPS) is 17.5. The lowest BCUT2D eigenvalue weighted by atomic mass is 10.0. The zero-order valence-corrected chi connectivity index (χ0v) is 12.1. The number of ether oxygens (including phenoxy) is 1. The summed E-state index contributed by atoms with van der Waals surface area (Å²) in [6, 6.07) is 5.63. The number of nitrogens with one attached hydrogen (secondary N) is 1. The zero-order valence-electron chi connectivity index (χ0n) is 12.1. The standard InChI is InChI=1S/C15H19N3O3/c1-21-12-4-5-13-11(9-12)3-2-7-17(13)10-14(19)18-8-6-16-15(18)20/h4-5,9H,2-3,6-8,10H2,1H3,(H,16,20). The van der Waals surface area contributed by atoms with Gasteiger partial charge in [-0.1, -0.05) is 0 Å². The number of methoxy groups -OCH3 is 1. The Morgan fingerprint density at radius 2 is 2.24 bits per heavy atom. The fraction of sp³-hybridized carbons (Fsp3) is 0.467. The second-order valence-corrected chi connectivity index (χ2v) is 5.30. The second kappa shape index (κ2) is 5.63. The number of carbonyl (C=O) groups excluding carboxylic acids is 2. The first-order valence-corrected chi connectivity index (χ1v) is 7.19. The van der Waals surface area contributed by atoms with Gasteiger partial charge in [-0.25, -0.2) is 4.79 Å². The molecule has 3 amide bonds. The summed E-state index contributed by atoms with van der Waals surface area (Å²) in [6.45, 7) is 2.08. The maximum absolute atomic E-state index is 12.3. The highest BCUT2D eigenvalue weighted by Crippen LogP contribution is 2.30. The van der Waals surface area contributed by atoms with E-state index in [9.17, 15) is 9.59 Å². The van der Waals surface area contributed by atoms with E-state index in [1.54, 1.807) is 7.11 Å². The van der Waals surface area contributed by atoms with Gasteiger partial charge in [-0.2, -0.15) is 0 Å². The maximum Gasteiger partial charge on any atom is 0.324 e. The molecule has 112 valence electrons. The van der Waals surface area contributed by atoms with Gasteiger partial charge in [-0.05, 0) is 36.6 Å². The predicted octanol–water partition coefficient (Wildman–Crippen LogP) is 1.000. The van der Waals surface area contributed by atoms with Gasteiger partial charge >= 0.3 is 6.03 Å². The van der Waals surface area contributed by atoms with Crippen molar-refractivity contribution in [2.45, 2.75) is 12.8 Å². The number of hydrogen-bond donors (Lipinski definition) is 1. The van der Waals surface area contributed by atoms with E-state index in [0.29, 0.717) is 13.1 Å². The monoisotopic (exact) mass is 289 g/mol. The number of benzene rings is 1. The summed E-state index contributed by atoms with van der Waals surface area (Å²) < 4.78 is 5.25. The molecule has 0 atom stereocenters. The van der Waals surface area contributed by atoms with Crippen LogP contribution in [0.4, 0.5) is 10.5 Å². The molecule has 0 aliphatic carbocycles. The Balaban J connectivity index is 1.76. The van der Waals surface area contributed by atoms with Crippen molar-refractivity contribution in [2.75, 3.05) is 38.2 Å². The maximum atomic E-state index is 12.3. The van der Waals surface area contributed by atoms with Crippen LogP contribution in [0.15, 0.2) is 18.2 Å². The number of urea groups is 1. The van der Waals surface area contributed by atoms with E-state index in [1.165, 1.54) is 10.5 Å². The number of nitrogens with zero attached hydrogens (tertiary/aromatic N) is 2. The molecular weight excluding hydrogens is 270 g/mol. The molecule has 1 aromatic rings. The highest BCUT2D eigenvalue weighted by molar-refractivity contribution is 5.97. The van der Waals surface area contributed by atoms with Gasteiger partial charge in [0.05, 0.1) is 13.7 Å². The molecule has 6 heteroatoms. The fourth-order valence-corrected chi connectivity index (χ4v) is 2.90. The molecule has 2 aliphatic heterocycles. The van der Waals surface area contributed by atoms with Crippen LogP contribution >= 0.6 is 0 Å². The fourth-order valence-electron chi connectivity index (χ4n) is 2.90. The van der Waals surface area contributed by atoms with Crippen molar-refractivity contribution in [1.29, 1.82) is 0 Å². The molecule has 21 heavy (non-hydrogen) atoms. The lowest BCUT2D eigenvalue weighted by Gasteiger charge is -2.31. The Morgan fingerprint density at radius 1 is 1.38 bits per heavy atom. The van der Waals surface area contributed by atoms with Crippen LogP contribution in [0.2, 0.25) is 0 Å². The number of hydrogen-bond acceptors (Lipinski definition) is 4. The van der Waals surface area contributed by atoms with Gasteiger partial charge in [-0.3, -0.25) is 9.69 Å². The summed E-state index contributed by atoms with van der Waals surface area (Å²) >= 11 is 0. The molecule has 0 radical (unpaired) electrons. The molecule has 2 heterocycles. The van der Waals surface area contributed by atoms with Crippen molar-refractivity contribution < 1.29 is 14.3 Å².